The van der Waals surface area contributed by atoms with Crippen LogP contribution in [0.4, 0.5) is 10.1 Å². The van der Waals surface area contributed by atoms with Crippen molar-refractivity contribution in [3.8, 4) is 11.3 Å². The highest BCUT2D eigenvalue weighted by atomic mass is 19.1. The van der Waals surface area contributed by atoms with Gasteiger partial charge >= 0.3 is 0 Å². The topological polar surface area (TPSA) is 103 Å². The molecular formula is C27H20FN5O2. The highest BCUT2D eigenvalue weighted by Crippen LogP contribution is 2.26. The molecule has 8 heteroatoms. The van der Waals surface area contributed by atoms with Crippen molar-refractivity contribution in [1.29, 1.82) is 0 Å². The number of fused-ring (bicyclic) bond motifs is 1. The second-order valence-electron chi connectivity index (χ2n) is 7.96. The van der Waals surface area contributed by atoms with Gasteiger partial charge in [-0.2, -0.15) is 5.10 Å². The summed E-state index contributed by atoms with van der Waals surface area (Å²) in [6.45, 7) is 0.483. The average Bonchev–Trinajstić information content (AvgIpc) is 3.28. The summed E-state index contributed by atoms with van der Waals surface area (Å²) < 4.78 is 15.6. The van der Waals surface area contributed by atoms with Gasteiger partial charge in [-0.15, -0.1) is 0 Å². The fraction of sp³-hybridized carbons (Fsp3) is 0.0370. The van der Waals surface area contributed by atoms with Crippen molar-refractivity contribution in [2.75, 3.05) is 5.32 Å². The van der Waals surface area contributed by atoms with E-state index in [1.54, 1.807) is 16.9 Å². The van der Waals surface area contributed by atoms with Crippen molar-refractivity contribution in [2.24, 2.45) is 5.73 Å². The average molecular weight is 465 g/mol. The van der Waals surface area contributed by atoms with Gasteiger partial charge in [0.15, 0.2) is 5.65 Å². The van der Waals surface area contributed by atoms with Gasteiger partial charge in [-0.05, 0) is 29.8 Å². The zero-order valence-electron chi connectivity index (χ0n) is 18.5. The first-order chi connectivity index (χ1) is 17.0. The van der Waals surface area contributed by atoms with Crippen LogP contribution in [0.5, 0.6) is 0 Å². The van der Waals surface area contributed by atoms with E-state index in [1.807, 2.05) is 60.7 Å². The number of carbonyl (C=O) groups is 2. The van der Waals surface area contributed by atoms with Crippen LogP contribution in [0.25, 0.3) is 22.3 Å². The van der Waals surface area contributed by atoms with Gasteiger partial charge in [0.25, 0.3) is 11.8 Å². The predicted molar refractivity (Wildman–Crippen MR) is 131 cm³/mol. The molecule has 0 aliphatic heterocycles. The lowest BCUT2D eigenvalue weighted by molar-refractivity contribution is 0.0992. The van der Waals surface area contributed by atoms with Crippen molar-refractivity contribution in [2.45, 2.75) is 6.54 Å². The van der Waals surface area contributed by atoms with Gasteiger partial charge in [0.1, 0.15) is 5.82 Å². The second-order valence-corrected chi connectivity index (χ2v) is 7.96. The predicted octanol–water partition coefficient (Wildman–Crippen LogP) is 4.64. The number of benzene rings is 3. The molecule has 0 fully saturated rings. The molecule has 5 rings (SSSR count). The van der Waals surface area contributed by atoms with Gasteiger partial charge in [-0.25, -0.2) is 14.1 Å². The van der Waals surface area contributed by atoms with Crippen LogP contribution in [-0.2, 0) is 6.54 Å². The van der Waals surface area contributed by atoms with Gasteiger partial charge in [-0.3, -0.25) is 9.59 Å². The van der Waals surface area contributed by atoms with Gasteiger partial charge in [-0.1, -0.05) is 60.7 Å². The van der Waals surface area contributed by atoms with Gasteiger partial charge < -0.3 is 11.1 Å². The number of amides is 2. The first kappa shape index (κ1) is 22.0. The quantitative estimate of drug-likeness (QED) is 0.381. The van der Waals surface area contributed by atoms with Crippen LogP contribution in [0.2, 0.25) is 0 Å². The van der Waals surface area contributed by atoms with Crippen molar-refractivity contribution in [1.82, 2.24) is 14.8 Å². The number of nitrogens with zero attached hydrogens (tertiary/aromatic N) is 3. The molecule has 172 valence electrons. The lowest BCUT2D eigenvalue weighted by Crippen LogP contribution is -2.16. The first-order valence-electron chi connectivity index (χ1n) is 10.9. The summed E-state index contributed by atoms with van der Waals surface area (Å²) in [4.78, 5) is 29.7. The molecule has 0 unspecified atom stereocenters. The molecule has 0 atom stereocenters. The first-order valence-corrected chi connectivity index (χ1v) is 10.9. The van der Waals surface area contributed by atoms with E-state index >= 15 is 0 Å². The van der Waals surface area contributed by atoms with Gasteiger partial charge in [0.05, 0.1) is 34.9 Å². The number of rotatable bonds is 6. The molecule has 0 saturated carbocycles. The Hall–Kier alpha value is -4.85. The number of carbonyl (C=O) groups excluding carboxylic acids is 2. The maximum Gasteiger partial charge on any atom is 0.256 e. The van der Waals surface area contributed by atoms with Crippen molar-refractivity contribution < 1.29 is 14.0 Å². The minimum atomic E-state index is -0.918. The molecule has 0 bridgehead atoms. The zero-order valence-corrected chi connectivity index (χ0v) is 18.5. The lowest BCUT2D eigenvalue weighted by atomic mass is 10.1. The number of anilines is 1. The van der Waals surface area contributed by atoms with E-state index in [0.717, 1.165) is 17.2 Å². The zero-order chi connectivity index (χ0) is 24.4. The Morgan fingerprint density at radius 2 is 1.63 bits per heavy atom. The molecule has 35 heavy (non-hydrogen) atoms. The molecule has 0 radical (unpaired) electrons. The summed E-state index contributed by atoms with van der Waals surface area (Å²) in [6.07, 6.45) is 1.61. The Labute approximate surface area is 200 Å². The molecule has 2 heterocycles. The monoisotopic (exact) mass is 465 g/mol. The maximum absolute atomic E-state index is 13.9. The molecule has 2 amide bonds. The highest BCUT2D eigenvalue weighted by Gasteiger charge is 2.19. The van der Waals surface area contributed by atoms with Crippen LogP contribution in [0, 0.1) is 5.82 Å². The SMILES string of the molecule is NC(=O)c1cc(NC(=O)c2cc(-c3ccccc3)nc3c2cnn3Cc2ccccc2)ccc1F. The van der Waals surface area contributed by atoms with E-state index in [1.165, 1.54) is 12.1 Å². The largest absolute Gasteiger partial charge is 0.366 e. The number of nitrogens with one attached hydrogen (secondary N) is 1. The van der Waals surface area contributed by atoms with Gasteiger partial charge in [0, 0.05) is 11.3 Å². The standard InChI is InChI=1S/C27H20FN5O2/c28-23-12-11-19(13-21(23)25(29)34)31-27(35)20-14-24(18-9-5-2-6-10-18)32-26-22(20)15-30-33(26)16-17-7-3-1-4-8-17/h1-15H,16H2,(H2,29,34)(H,31,35). The minimum Gasteiger partial charge on any atom is -0.366 e. The third kappa shape index (κ3) is 4.49. The molecule has 0 aliphatic carbocycles. The fourth-order valence-electron chi connectivity index (χ4n) is 3.85. The molecule has 2 aromatic heterocycles. The number of nitrogens with two attached hydrogens (primary N) is 1. The number of hydrogen-bond donors (Lipinski definition) is 2. The molecule has 0 spiro atoms. The molecule has 5 aromatic rings. The normalized spacial score (nSPS) is 10.9. The third-order valence-corrected chi connectivity index (χ3v) is 5.59. The Morgan fingerprint density at radius 1 is 0.914 bits per heavy atom. The number of hydrogen-bond acceptors (Lipinski definition) is 4. The summed E-state index contributed by atoms with van der Waals surface area (Å²) >= 11 is 0. The van der Waals surface area contributed by atoms with Crippen LogP contribution in [0.1, 0.15) is 26.3 Å². The van der Waals surface area contributed by atoms with Crippen LogP contribution < -0.4 is 11.1 Å². The van der Waals surface area contributed by atoms with E-state index in [0.29, 0.717) is 28.8 Å². The summed E-state index contributed by atoms with van der Waals surface area (Å²) in [7, 11) is 0. The Kier molecular flexibility index (Phi) is 5.76. The van der Waals surface area contributed by atoms with Crippen molar-refractivity contribution in [3.63, 3.8) is 0 Å². The lowest BCUT2D eigenvalue weighted by Gasteiger charge is -2.11. The van der Waals surface area contributed by atoms with Gasteiger partial charge in [0.2, 0.25) is 0 Å². The Bertz CT molecular complexity index is 1550. The Morgan fingerprint density at radius 3 is 2.34 bits per heavy atom. The minimum absolute atomic E-state index is 0.244. The van der Waals surface area contributed by atoms with Crippen LogP contribution in [0.3, 0.4) is 0 Å². The highest BCUT2D eigenvalue weighted by molar-refractivity contribution is 6.13. The Balaban J connectivity index is 1.59. The number of pyridine rings is 1. The summed E-state index contributed by atoms with van der Waals surface area (Å²) in [6, 6.07) is 24.7. The molecule has 0 aliphatic rings. The molecular weight excluding hydrogens is 445 g/mol. The summed E-state index contributed by atoms with van der Waals surface area (Å²) in [5.41, 5.74) is 8.57. The molecule has 3 aromatic carbocycles. The summed E-state index contributed by atoms with van der Waals surface area (Å²) in [5, 5.41) is 7.79. The van der Waals surface area contributed by atoms with Crippen LogP contribution in [-0.4, -0.2) is 26.6 Å². The second kappa shape index (κ2) is 9.18. The third-order valence-electron chi connectivity index (χ3n) is 5.59. The van der Waals surface area contributed by atoms with E-state index in [-0.39, 0.29) is 11.3 Å². The number of halogens is 1. The molecule has 7 nitrogen and oxygen atoms in total. The fourth-order valence-corrected chi connectivity index (χ4v) is 3.85. The smallest absolute Gasteiger partial charge is 0.256 e. The number of aromatic nitrogens is 3. The molecule has 3 N–H and O–H groups in total. The maximum atomic E-state index is 13.9. The van der Waals surface area contributed by atoms with E-state index in [9.17, 15) is 14.0 Å². The van der Waals surface area contributed by atoms with E-state index in [4.69, 9.17) is 10.7 Å². The van der Waals surface area contributed by atoms with Crippen molar-refractivity contribution in [3.05, 3.63) is 114 Å². The van der Waals surface area contributed by atoms with E-state index < -0.39 is 17.6 Å². The van der Waals surface area contributed by atoms with Crippen molar-refractivity contribution >= 4 is 28.5 Å². The number of primary amides is 1. The van der Waals surface area contributed by atoms with Crippen LogP contribution in [0.15, 0.2) is 91.1 Å². The van der Waals surface area contributed by atoms with E-state index in [2.05, 4.69) is 10.4 Å². The summed E-state index contributed by atoms with van der Waals surface area (Å²) in [5.74, 6) is -2.12. The van der Waals surface area contributed by atoms with Crippen LogP contribution >= 0.6 is 0 Å². The molecule has 0 saturated heterocycles.